The molecule has 0 bridgehead atoms. The van der Waals surface area contributed by atoms with Gasteiger partial charge in [0.05, 0.1) is 6.04 Å². The SMILES string of the molecule is Cc1nnc2c(NC(C)c3ccc(Cl)cc3Cl)nccn12. The molecule has 0 aliphatic heterocycles. The summed E-state index contributed by atoms with van der Waals surface area (Å²) < 4.78 is 1.88. The third-order valence-corrected chi connectivity index (χ3v) is 3.84. The van der Waals surface area contributed by atoms with E-state index in [9.17, 15) is 0 Å². The summed E-state index contributed by atoms with van der Waals surface area (Å²) in [5.74, 6) is 1.48. The van der Waals surface area contributed by atoms with E-state index in [-0.39, 0.29) is 6.04 Å². The van der Waals surface area contributed by atoms with Crippen LogP contribution in [0.3, 0.4) is 0 Å². The summed E-state index contributed by atoms with van der Waals surface area (Å²) in [5, 5.41) is 12.7. The van der Waals surface area contributed by atoms with Gasteiger partial charge in [-0.05, 0) is 31.5 Å². The molecule has 21 heavy (non-hydrogen) atoms. The average molecular weight is 322 g/mol. The highest BCUT2D eigenvalue weighted by molar-refractivity contribution is 6.35. The average Bonchev–Trinajstić information content (AvgIpc) is 2.81. The number of nitrogens with one attached hydrogen (secondary N) is 1. The van der Waals surface area contributed by atoms with Gasteiger partial charge in [-0.2, -0.15) is 0 Å². The van der Waals surface area contributed by atoms with Gasteiger partial charge in [0.1, 0.15) is 5.82 Å². The van der Waals surface area contributed by atoms with Crippen molar-refractivity contribution in [3.8, 4) is 0 Å². The largest absolute Gasteiger partial charge is 0.360 e. The Morgan fingerprint density at radius 2 is 2.05 bits per heavy atom. The van der Waals surface area contributed by atoms with Crippen molar-refractivity contribution in [3.05, 3.63) is 52.0 Å². The van der Waals surface area contributed by atoms with Crippen LogP contribution in [0.4, 0.5) is 5.82 Å². The number of aromatic nitrogens is 4. The van der Waals surface area contributed by atoms with Gasteiger partial charge in [-0.3, -0.25) is 4.40 Å². The molecule has 5 nitrogen and oxygen atoms in total. The normalized spacial score (nSPS) is 12.6. The summed E-state index contributed by atoms with van der Waals surface area (Å²) in [7, 11) is 0. The Balaban J connectivity index is 1.94. The second-order valence-electron chi connectivity index (χ2n) is 4.75. The van der Waals surface area contributed by atoms with Crippen LogP contribution in [0.25, 0.3) is 5.65 Å². The van der Waals surface area contributed by atoms with E-state index >= 15 is 0 Å². The Bertz CT molecular complexity index is 799. The number of rotatable bonds is 3. The van der Waals surface area contributed by atoms with Crippen LogP contribution in [0.15, 0.2) is 30.6 Å². The molecule has 1 atom stereocenters. The Kier molecular flexibility index (Phi) is 3.69. The monoisotopic (exact) mass is 321 g/mol. The topological polar surface area (TPSA) is 55.1 Å². The number of hydrogen-bond donors (Lipinski definition) is 1. The zero-order chi connectivity index (χ0) is 15.0. The van der Waals surface area contributed by atoms with Crippen molar-refractivity contribution < 1.29 is 0 Å². The van der Waals surface area contributed by atoms with Crippen molar-refractivity contribution in [1.82, 2.24) is 19.6 Å². The molecule has 7 heteroatoms. The lowest BCUT2D eigenvalue weighted by Gasteiger charge is -2.16. The van der Waals surface area contributed by atoms with Crippen LogP contribution in [-0.4, -0.2) is 19.6 Å². The maximum Gasteiger partial charge on any atom is 0.203 e. The summed E-state index contributed by atoms with van der Waals surface area (Å²) in [6.45, 7) is 3.90. The second kappa shape index (κ2) is 5.50. The van der Waals surface area contributed by atoms with Gasteiger partial charge >= 0.3 is 0 Å². The van der Waals surface area contributed by atoms with Crippen molar-refractivity contribution in [3.63, 3.8) is 0 Å². The lowest BCUT2D eigenvalue weighted by Crippen LogP contribution is -2.10. The zero-order valence-electron chi connectivity index (χ0n) is 11.5. The number of benzene rings is 1. The lowest BCUT2D eigenvalue weighted by atomic mass is 10.1. The highest BCUT2D eigenvalue weighted by Gasteiger charge is 2.14. The fraction of sp³-hybridized carbons (Fsp3) is 0.214. The first-order chi connectivity index (χ1) is 10.1. The molecule has 0 fully saturated rings. The molecule has 0 saturated carbocycles. The molecule has 0 radical (unpaired) electrons. The number of fused-ring (bicyclic) bond motifs is 1. The maximum absolute atomic E-state index is 6.23. The Morgan fingerprint density at radius 1 is 1.24 bits per heavy atom. The van der Waals surface area contributed by atoms with E-state index in [2.05, 4.69) is 20.5 Å². The van der Waals surface area contributed by atoms with Crippen molar-refractivity contribution in [2.75, 3.05) is 5.32 Å². The minimum atomic E-state index is -0.0366. The Hall–Kier alpha value is -1.85. The van der Waals surface area contributed by atoms with Crippen LogP contribution in [0.1, 0.15) is 24.4 Å². The third kappa shape index (κ3) is 2.66. The number of halogens is 2. The van der Waals surface area contributed by atoms with Gasteiger partial charge in [-0.1, -0.05) is 29.3 Å². The quantitative estimate of drug-likeness (QED) is 0.794. The third-order valence-electron chi connectivity index (χ3n) is 3.28. The van der Waals surface area contributed by atoms with Gasteiger partial charge in [-0.25, -0.2) is 4.98 Å². The molecule has 0 aliphatic carbocycles. The van der Waals surface area contributed by atoms with E-state index in [1.165, 1.54) is 0 Å². The first-order valence-electron chi connectivity index (χ1n) is 6.44. The van der Waals surface area contributed by atoms with Crippen LogP contribution < -0.4 is 5.32 Å². The minimum absolute atomic E-state index is 0.0366. The standard InChI is InChI=1S/C14H13Cl2N5/c1-8(11-4-3-10(15)7-12(11)16)18-13-14-20-19-9(2)21(14)6-5-17-13/h3-8H,1-2H3,(H,17,18). The van der Waals surface area contributed by atoms with Crippen LogP contribution in [0.2, 0.25) is 10.0 Å². The van der Waals surface area contributed by atoms with Gasteiger partial charge in [0.15, 0.2) is 5.82 Å². The molecule has 1 aromatic carbocycles. The summed E-state index contributed by atoms with van der Waals surface area (Å²) in [5.41, 5.74) is 1.63. The molecule has 0 spiro atoms. The Labute approximate surface area is 131 Å². The van der Waals surface area contributed by atoms with Gasteiger partial charge in [0.2, 0.25) is 5.65 Å². The van der Waals surface area contributed by atoms with E-state index in [0.29, 0.717) is 21.5 Å². The predicted octanol–water partition coefficient (Wildman–Crippen LogP) is 3.91. The molecule has 3 rings (SSSR count). The highest BCUT2D eigenvalue weighted by atomic mass is 35.5. The maximum atomic E-state index is 6.23. The van der Waals surface area contributed by atoms with E-state index in [4.69, 9.17) is 23.2 Å². The summed E-state index contributed by atoms with van der Waals surface area (Å²) >= 11 is 12.2. The minimum Gasteiger partial charge on any atom is -0.360 e. The highest BCUT2D eigenvalue weighted by Crippen LogP contribution is 2.28. The summed E-state index contributed by atoms with van der Waals surface area (Å²) in [4.78, 5) is 4.33. The zero-order valence-corrected chi connectivity index (χ0v) is 13.0. The smallest absolute Gasteiger partial charge is 0.203 e. The number of anilines is 1. The number of nitrogens with zero attached hydrogens (tertiary/aromatic N) is 4. The molecule has 108 valence electrons. The first-order valence-corrected chi connectivity index (χ1v) is 7.19. The number of aryl methyl sites for hydroxylation is 1. The first kappa shape index (κ1) is 14.1. The summed E-state index contributed by atoms with van der Waals surface area (Å²) in [6.07, 6.45) is 3.54. The molecule has 1 unspecified atom stereocenters. The summed E-state index contributed by atoms with van der Waals surface area (Å²) in [6, 6.07) is 5.41. The molecule has 2 aromatic heterocycles. The van der Waals surface area contributed by atoms with E-state index in [0.717, 1.165) is 11.4 Å². The molecule has 2 heterocycles. The van der Waals surface area contributed by atoms with Gasteiger partial charge < -0.3 is 5.32 Å². The van der Waals surface area contributed by atoms with Crippen molar-refractivity contribution >= 4 is 34.7 Å². The van der Waals surface area contributed by atoms with Crippen LogP contribution >= 0.6 is 23.2 Å². The van der Waals surface area contributed by atoms with E-state index < -0.39 is 0 Å². The molecule has 0 amide bonds. The van der Waals surface area contributed by atoms with Crippen LogP contribution in [0, 0.1) is 6.92 Å². The Morgan fingerprint density at radius 3 is 2.81 bits per heavy atom. The van der Waals surface area contributed by atoms with E-state index in [1.807, 2.05) is 36.6 Å². The molecular formula is C14H13Cl2N5. The van der Waals surface area contributed by atoms with Gasteiger partial charge in [0.25, 0.3) is 0 Å². The molecular weight excluding hydrogens is 309 g/mol. The fourth-order valence-corrected chi connectivity index (χ4v) is 2.75. The molecule has 3 aromatic rings. The van der Waals surface area contributed by atoms with E-state index in [1.54, 1.807) is 12.3 Å². The van der Waals surface area contributed by atoms with Crippen molar-refractivity contribution in [2.45, 2.75) is 19.9 Å². The van der Waals surface area contributed by atoms with Crippen LogP contribution in [-0.2, 0) is 0 Å². The molecule has 0 saturated heterocycles. The molecule has 1 N–H and O–H groups in total. The van der Waals surface area contributed by atoms with Gasteiger partial charge in [-0.15, -0.1) is 10.2 Å². The van der Waals surface area contributed by atoms with Gasteiger partial charge in [0, 0.05) is 22.4 Å². The lowest BCUT2D eigenvalue weighted by molar-refractivity contribution is 0.872. The number of hydrogen-bond acceptors (Lipinski definition) is 4. The molecule has 0 aliphatic rings. The fourth-order valence-electron chi connectivity index (χ4n) is 2.18. The van der Waals surface area contributed by atoms with Crippen molar-refractivity contribution in [1.29, 1.82) is 0 Å². The van der Waals surface area contributed by atoms with Crippen LogP contribution in [0.5, 0.6) is 0 Å². The van der Waals surface area contributed by atoms with Crippen molar-refractivity contribution in [2.24, 2.45) is 0 Å². The predicted molar refractivity (Wildman–Crippen MR) is 84.0 cm³/mol. The second-order valence-corrected chi connectivity index (χ2v) is 5.59.